The molecule has 1 fully saturated rings. The Morgan fingerprint density at radius 1 is 1.07 bits per heavy atom. The second-order valence-corrected chi connectivity index (χ2v) is 8.20. The van der Waals surface area contributed by atoms with Crippen LogP contribution in [0.2, 0.25) is 0 Å². The molecule has 0 saturated heterocycles. The summed E-state index contributed by atoms with van der Waals surface area (Å²) in [4.78, 5) is 20.8. The summed E-state index contributed by atoms with van der Waals surface area (Å²) < 4.78 is 0. The fourth-order valence-corrected chi connectivity index (χ4v) is 3.93. The molecule has 0 bridgehead atoms. The number of nitrogens with one attached hydrogen (secondary N) is 2. The van der Waals surface area contributed by atoms with Crippen LogP contribution >= 0.6 is 0 Å². The molecule has 6 heteroatoms. The van der Waals surface area contributed by atoms with Crippen molar-refractivity contribution in [2.75, 3.05) is 53.2 Å². The van der Waals surface area contributed by atoms with Crippen molar-refractivity contribution in [3.8, 4) is 0 Å². The monoisotopic (exact) mass is 387 g/mol. The fourth-order valence-electron chi connectivity index (χ4n) is 3.93. The maximum Gasteiger partial charge on any atom is 0.230 e. The second-order valence-electron chi connectivity index (χ2n) is 8.20. The number of amides is 1. The number of rotatable bonds is 8. The lowest BCUT2D eigenvalue weighted by atomic mass is 9.84. The first kappa shape index (κ1) is 22.1. The van der Waals surface area contributed by atoms with Crippen LogP contribution in [-0.4, -0.2) is 65.1 Å². The van der Waals surface area contributed by atoms with Gasteiger partial charge >= 0.3 is 0 Å². The van der Waals surface area contributed by atoms with Gasteiger partial charge in [-0.3, -0.25) is 9.79 Å². The molecule has 0 aliphatic heterocycles. The molecule has 1 saturated carbocycles. The highest BCUT2D eigenvalue weighted by Gasteiger charge is 2.42. The Bertz CT molecular complexity index is 645. The summed E-state index contributed by atoms with van der Waals surface area (Å²) in [7, 11) is 9.59. The highest BCUT2D eigenvalue weighted by atomic mass is 16.2. The quantitative estimate of drug-likeness (QED) is 0.409. The van der Waals surface area contributed by atoms with Gasteiger partial charge in [0.2, 0.25) is 5.91 Å². The predicted molar refractivity (Wildman–Crippen MR) is 118 cm³/mol. The molecule has 0 unspecified atom stereocenters. The molecule has 1 aromatic carbocycles. The molecule has 6 nitrogen and oxygen atoms in total. The van der Waals surface area contributed by atoms with E-state index in [1.807, 2.05) is 14.1 Å². The van der Waals surface area contributed by atoms with Crippen molar-refractivity contribution in [1.82, 2.24) is 15.5 Å². The molecule has 2 N–H and O–H groups in total. The summed E-state index contributed by atoms with van der Waals surface area (Å²) in [6.45, 7) is 1.50. The Morgan fingerprint density at radius 3 is 2.25 bits per heavy atom. The average Bonchev–Trinajstić information content (AvgIpc) is 3.17. The van der Waals surface area contributed by atoms with Gasteiger partial charge in [0.1, 0.15) is 0 Å². The number of anilines is 1. The van der Waals surface area contributed by atoms with Crippen molar-refractivity contribution < 1.29 is 4.79 Å². The molecule has 0 heterocycles. The average molecular weight is 388 g/mol. The van der Waals surface area contributed by atoms with Gasteiger partial charge in [-0.2, -0.15) is 0 Å². The standard InChI is InChI=1S/C22H37N5O/c1-23-21(25-17-22(14-6-7-15-22)20(28)27(4)5)24-16-8-9-18-10-12-19(13-11-18)26(2)3/h10-13H,6-9,14-17H2,1-5H3,(H2,23,24,25). The van der Waals surface area contributed by atoms with E-state index in [0.717, 1.165) is 51.0 Å². The highest BCUT2D eigenvalue weighted by Crippen LogP contribution is 2.38. The first-order chi connectivity index (χ1) is 13.4. The van der Waals surface area contributed by atoms with Crippen LogP contribution in [0.25, 0.3) is 0 Å². The minimum atomic E-state index is -0.282. The minimum absolute atomic E-state index is 0.231. The second kappa shape index (κ2) is 10.3. The van der Waals surface area contributed by atoms with Gasteiger partial charge in [0, 0.05) is 54.0 Å². The Labute approximate surface area is 170 Å². The molecule has 1 aliphatic carbocycles. The fraction of sp³-hybridized carbons (Fsp3) is 0.636. The van der Waals surface area contributed by atoms with Gasteiger partial charge in [-0.25, -0.2) is 0 Å². The van der Waals surface area contributed by atoms with Crippen LogP contribution in [0.1, 0.15) is 37.7 Å². The molecule has 156 valence electrons. The van der Waals surface area contributed by atoms with Crippen LogP contribution in [0.4, 0.5) is 5.69 Å². The minimum Gasteiger partial charge on any atom is -0.378 e. The predicted octanol–water partition coefficient (Wildman–Crippen LogP) is 2.50. The number of aliphatic imine (C=N–C) groups is 1. The van der Waals surface area contributed by atoms with E-state index in [-0.39, 0.29) is 11.3 Å². The zero-order valence-corrected chi connectivity index (χ0v) is 18.2. The van der Waals surface area contributed by atoms with Crippen molar-refractivity contribution in [2.24, 2.45) is 10.4 Å². The molecule has 0 aromatic heterocycles. The number of guanidine groups is 1. The molecule has 2 rings (SSSR count). The van der Waals surface area contributed by atoms with E-state index in [1.54, 1.807) is 11.9 Å². The number of carbonyl (C=O) groups is 1. The van der Waals surface area contributed by atoms with Crippen LogP contribution in [0.15, 0.2) is 29.3 Å². The third-order valence-electron chi connectivity index (χ3n) is 5.63. The lowest BCUT2D eigenvalue weighted by Gasteiger charge is -2.31. The van der Waals surface area contributed by atoms with Crippen molar-refractivity contribution >= 4 is 17.6 Å². The van der Waals surface area contributed by atoms with Crippen molar-refractivity contribution in [2.45, 2.75) is 38.5 Å². The van der Waals surface area contributed by atoms with Crippen molar-refractivity contribution in [3.63, 3.8) is 0 Å². The zero-order chi connectivity index (χ0) is 20.6. The van der Waals surface area contributed by atoms with Gasteiger partial charge in [-0.05, 0) is 43.4 Å². The first-order valence-corrected chi connectivity index (χ1v) is 10.3. The third-order valence-corrected chi connectivity index (χ3v) is 5.63. The van der Waals surface area contributed by atoms with Crippen LogP contribution in [-0.2, 0) is 11.2 Å². The van der Waals surface area contributed by atoms with Gasteiger partial charge in [-0.15, -0.1) is 0 Å². The summed E-state index contributed by atoms with van der Waals surface area (Å²) in [5, 5.41) is 6.78. The molecule has 28 heavy (non-hydrogen) atoms. The van der Waals surface area contributed by atoms with Crippen LogP contribution in [0.3, 0.4) is 0 Å². The largest absolute Gasteiger partial charge is 0.378 e. The SMILES string of the molecule is CN=C(NCCCc1ccc(N(C)C)cc1)NCC1(C(=O)N(C)C)CCCC1. The number of nitrogens with zero attached hydrogens (tertiary/aromatic N) is 3. The smallest absolute Gasteiger partial charge is 0.230 e. The Morgan fingerprint density at radius 2 is 1.71 bits per heavy atom. The number of carbonyl (C=O) groups excluding carboxylic acids is 1. The maximum atomic E-state index is 12.7. The summed E-state index contributed by atoms with van der Waals surface area (Å²) >= 11 is 0. The van der Waals surface area contributed by atoms with Gasteiger partial charge in [0.05, 0.1) is 5.41 Å². The molecule has 1 aliphatic rings. The van der Waals surface area contributed by atoms with Crippen molar-refractivity contribution in [3.05, 3.63) is 29.8 Å². The van der Waals surface area contributed by atoms with E-state index in [9.17, 15) is 4.79 Å². The number of aryl methyl sites for hydroxylation is 1. The summed E-state index contributed by atoms with van der Waals surface area (Å²) in [6.07, 6.45) is 6.22. The van der Waals surface area contributed by atoms with E-state index in [4.69, 9.17) is 0 Å². The Kier molecular flexibility index (Phi) is 8.15. The van der Waals surface area contributed by atoms with Gasteiger partial charge in [-0.1, -0.05) is 25.0 Å². The molecule has 1 aromatic rings. The summed E-state index contributed by atoms with van der Waals surface area (Å²) in [6, 6.07) is 8.70. The van der Waals surface area contributed by atoms with Gasteiger partial charge in [0.25, 0.3) is 0 Å². The van der Waals surface area contributed by atoms with Crippen molar-refractivity contribution in [1.29, 1.82) is 0 Å². The van der Waals surface area contributed by atoms with E-state index in [2.05, 4.69) is 58.9 Å². The number of hydrogen-bond donors (Lipinski definition) is 2. The lowest BCUT2D eigenvalue weighted by Crippen LogP contribution is -2.49. The van der Waals surface area contributed by atoms with E-state index >= 15 is 0 Å². The molecule has 0 atom stereocenters. The molecule has 1 amide bonds. The molecular formula is C22H37N5O. The number of hydrogen-bond acceptors (Lipinski definition) is 3. The molecular weight excluding hydrogens is 350 g/mol. The van der Waals surface area contributed by atoms with Gasteiger partial charge in [0.15, 0.2) is 5.96 Å². The Hall–Kier alpha value is -2.24. The molecule has 0 spiro atoms. The van der Waals surface area contributed by atoms with Gasteiger partial charge < -0.3 is 20.4 Å². The summed E-state index contributed by atoms with van der Waals surface area (Å²) in [5.74, 6) is 1.01. The highest BCUT2D eigenvalue weighted by molar-refractivity contribution is 5.85. The third kappa shape index (κ3) is 5.88. The first-order valence-electron chi connectivity index (χ1n) is 10.3. The zero-order valence-electron chi connectivity index (χ0n) is 18.2. The molecule has 0 radical (unpaired) electrons. The normalized spacial score (nSPS) is 16.0. The van der Waals surface area contributed by atoms with E-state index in [0.29, 0.717) is 6.54 Å². The van der Waals surface area contributed by atoms with Crippen LogP contribution in [0, 0.1) is 5.41 Å². The lowest BCUT2D eigenvalue weighted by molar-refractivity contribution is -0.138. The van der Waals surface area contributed by atoms with Crippen LogP contribution in [0.5, 0.6) is 0 Å². The van der Waals surface area contributed by atoms with E-state index in [1.165, 1.54) is 11.3 Å². The van der Waals surface area contributed by atoms with E-state index < -0.39 is 0 Å². The summed E-state index contributed by atoms with van der Waals surface area (Å²) in [5.41, 5.74) is 2.28. The topological polar surface area (TPSA) is 60.0 Å². The maximum absolute atomic E-state index is 12.7. The van der Waals surface area contributed by atoms with Crippen LogP contribution < -0.4 is 15.5 Å². The number of benzene rings is 1. The Balaban J connectivity index is 1.77.